The Kier molecular flexibility index (Phi) is 3.46. The van der Waals surface area contributed by atoms with Gasteiger partial charge < -0.3 is 4.74 Å². The molecule has 0 atom stereocenters. The minimum absolute atomic E-state index is 0.405. The molecular weight excluding hydrogens is 246 g/mol. The van der Waals surface area contributed by atoms with Crippen molar-refractivity contribution in [3.05, 3.63) is 29.1 Å². The number of amides is 1. The number of carbonyl (C=O) groups is 1. The van der Waals surface area contributed by atoms with Crippen LogP contribution in [0.15, 0.2) is 12.3 Å². The molecule has 0 saturated carbocycles. The minimum Gasteiger partial charge on any atom is -0.381 e. The number of nitrogens with one attached hydrogen (secondary N) is 1. The third-order valence-electron chi connectivity index (χ3n) is 3.72. The Morgan fingerprint density at radius 2 is 2.42 bits per heavy atom. The molecule has 2 aliphatic heterocycles. The van der Waals surface area contributed by atoms with Gasteiger partial charge in [-0.25, -0.2) is 5.48 Å². The summed E-state index contributed by atoms with van der Waals surface area (Å²) in [5.41, 5.74) is 4.17. The van der Waals surface area contributed by atoms with Crippen molar-refractivity contribution < 1.29 is 14.7 Å². The highest BCUT2D eigenvalue weighted by Crippen LogP contribution is 2.20. The third kappa shape index (κ3) is 2.60. The lowest BCUT2D eigenvalue weighted by atomic mass is 10.0. The van der Waals surface area contributed by atoms with Gasteiger partial charge in [0.2, 0.25) is 0 Å². The highest BCUT2D eigenvalue weighted by molar-refractivity contribution is 5.93. The van der Waals surface area contributed by atoms with Gasteiger partial charge in [-0.1, -0.05) is 0 Å². The molecule has 0 bridgehead atoms. The van der Waals surface area contributed by atoms with Crippen LogP contribution < -0.4 is 5.48 Å². The second-order valence-electron chi connectivity index (χ2n) is 5.16. The number of carbonyl (C=O) groups excluding carboxylic acids is 1. The van der Waals surface area contributed by atoms with E-state index >= 15 is 0 Å². The van der Waals surface area contributed by atoms with E-state index in [9.17, 15) is 4.79 Å². The molecule has 2 N–H and O–H groups in total. The first-order valence-electron chi connectivity index (χ1n) is 6.48. The molecule has 102 valence electrons. The maximum Gasteiger partial charge on any atom is 0.276 e. The van der Waals surface area contributed by atoms with Crippen molar-refractivity contribution in [1.29, 1.82) is 0 Å². The van der Waals surface area contributed by atoms with Gasteiger partial charge in [-0.05, 0) is 18.1 Å². The molecule has 2 aliphatic rings. The largest absolute Gasteiger partial charge is 0.381 e. The number of nitrogens with zero attached hydrogens (tertiary/aromatic N) is 2. The van der Waals surface area contributed by atoms with Crippen molar-refractivity contribution in [2.24, 2.45) is 5.92 Å². The number of ether oxygens (including phenoxy) is 1. The van der Waals surface area contributed by atoms with Crippen LogP contribution >= 0.6 is 0 Å². The fourth-order valence-electron chi connectivity index (χ4n) is 2.57. The normalized spacial score (nSPS) is 19.6. The molecule has 6 nitrogen and oxygen atoms in total. The van der Waals surface area contributed by atoms with Crippen LogP contribution in [0.2, 0.25) is 0 Å². The number of hydrogen-bond acceptors (Lipinski definition) is 5. The quantitative estimate of drug-likeness (QED) is 0.602. The Morgan fingerprint density at radius 3 is 3.11 bits per heavy atom. The first-order valence-corrected chi connectivity index (χ1v) is 6.48. The summed E-state index contributed by atoms with van der Waals surface area (Å²) in [4.78, 5) is 18.1. The first-order chi connectivity index (χ1) is 9.26. The van der Waals surface area contributed by atoms with E-state index < -0.39 is 5.91 Å². The van der Waals surface area contributed by atoms with Gasteiger partial charge in [0.25, 0.3) is 5.91 Å². The van der Waals surface area contributed by atoms with E-state index in [1.54, 1.807) is 5.48 Å². The average molecular weight is 263 g/mol. The van der Waals surface area contributed by atoms with Crippen molar-refractivity contribution in [2.45, 2.75) is 13.0 Å². The summed E-state index contributed by atoms with van der Waals surface area (Å²) in [5.74, 6) is 0.144. The predicted octanol–water partition coefficient (Wildman–Crippen LogP) is 0.205. The summed E-state index contributed by atoms with van der Waals surface area (Å²) >= 11 is 0. The van der Waals surface area contributed by atoms with Gasteiger partial charge >= 0.3 is 0 Å². The van der Waals surface area contributed by atoms with Gasteiger partial charge in [0.1, 0.15) is 0 Å². The monoisotopic (exact) mass is 263 g/mol. The van der Waals surface area contributed by atoms with Gasteiger partial charge in [-0.3, -0.25) is 19.9 Å². The molecule has 6 heteroatoms. The number of fused-ring (bicyclic) bond motifs is 1. The Hall–Kier alpha value is -1.50. The van der Waals surface area contributed by atoms with E-state index in [0.717, 1.165) is 50.5 Å². The average Bonchev–Trinajstić information content (AvgIpc) is 2.41. The molecule has 3 rings (SSSR count). The topological polar surface area (TPSA) is 74.7 Å². The van der Waals surface area contributed by atoms with E-state index in [0.29, 0.717) is 11.5 Å². The van der Waals surface area contributed by atoms with Crippen molar-refractivity contribution in [3.63, 3.8) is 0 Å². The molecule has 1 amide bonds. The Labute approximate surface area is 111 Å². The molecule has 0 aromatic carbocycles. The lowest BCUT2D eigenvalue weighted by Crippen LogP contribution is -2.41. The zero-order valence-corrected chi connectivity index (χ0v) is 10.6. The van der Waals surface area contributed by atoms with Crippen LogP contribution in [0.3, 0.4) is 0 Å². The van der Waals surface area contributed by atoms with Crippen LogP contribution in [0.5, 0.6) is 0 Å². The van der Waals surface area contributed by atoms with E-state index in [1.807, 2.05) is 6.07 Å². The van der Waals surface area contributed by atoms with Crippen molar-refractivity contribution in [3.8, 4) is 0 Å². The van der Waals surface area contributed by atoms with E-state index in [4.69, 9.17) is 9.94 Å². The summed E-state index contributed by atoms with van der Waals surface area (Å²) in [5, 5.41) is 8.62. The highest BCUT2D eigenvalue weighted by atomic mass is 16.5. The number of rotatable bonds is 3. The van der Waals surface area contributed by atoms with Crippen molar-refractivity contribution in [1.82, 2.24) is 15.4 Å². The lowest BCUT2D eigenvalue weighted by Gasteiger charge is -2.34. The number of aromatic nitrogens is 1. The summed E-state index contributed by atoms with van der Waals surface area (Å²) in [7, 11) is 0. The Morgan fingerprint density at radius 1 is 1.58 bits per heavy atom. The molecule has 1 aromatic heterocycles. The molecule has 0 spiro atoms. The summed E-state index contributed by atoms with van der Waals surface area (Å²) in [6.45, 7) is 4.60. The molecule has 1 saturated heterocycles. The maximum atomic E-state index is 11.3. The standard InChI is InChI=1S/C13H17N3O3/c17-13(15-18)11-3-10-1-2-16(5-9-7-19-8-9)6-12(10)14-4-11/h3-4,9,18H,1-2,5-8H2,(H,15,17). The Bertz CT molecular complexity index is 488. The lowest BCUT2D eigenvalue weighted by molar-refractivity contribution is -0.0481. The molecule has 19 heavy (non-hydrogen) atoms. The molecule has 1 fully saturated rings. The molecule has 3 heterocycles. The van der Waals surface area contributed by atoms with Crippen molar-refractivity contribution in [2.75, 3.05) is 26.3 Å². The van der Waals surface area contributed by atoms with Crippen LogP contribution in [0.1, 0.15) is 21.6 Å². The molecule has 0 unspecified atom stereocenters. The molecule has 1 aromatic rings. The van der Waals surface area contributed by atoms with Gasteiger partial charge in [-0.2, -0.15) is 0 Å². The predicted molar refractivity (Wildman–Crippen MR) is 66.8 cm³/mol. The third-order valence-corrected chi connectivity index (χ3v) is 3.72. The van der Waals surface area contributed by atoms with E-state index in [-0.39, 0.29) is 0 Å². The summed E-state index contributed by atoms with van der Waals surface area (Å²) in [6, 6.07) is 1.82. The molecule has 0 aliphatic carbocycles. The van der Waals surface area contributed by atoms with Gasteiger partial charge in [0.15, 0.2) is 0 Å². The van der Waals surface area contributed by atoms with Crippen LogP contribution in [-0.2, 0) is 17.7 Å². The van der Waals surface area contributed by atoms with Crippen LogP contribution in [0, 0.1) is 5.92 Å². The number of hydroxylamine groups is 1. The zero-order chi connectivity index (χ0) is 13.2. The fraction of sp³-hybridized carbons (Fsp3) is 0.538. The zero-order valence-electron chi connectivity index (χ0n) is 10.6. The fourth-order valence-corrected chi connectivity index (χ4v) is 2.57. The van der Waals surface area contributed by atoms with E-state index in [2.05, 4.69) is 9.88 Å². The van der Waals surface area contributed by atoms with Gasteiger partial charge in [-0.15, -0.1) is 0 Å². The number of hydrogen-bond donors (Lipinski definition) is 2. The van der Waals surface area contributed by atoms with Crippen LogP contribution in [0.4, 0.5) is 0 Å². The Balaban J connectivity index is 1.69. The minimum atomic E-state index is -0.510. The van der Waals surface area contributed by atoms with Crippen molar-refractivity contribution >= 4 is 5.91 Å². The highest BCUT2D eigenvalue weighted by Gasteiger charge is 2.25. The van der Waals surface area contributed by atoms with Gasteiger partial charge in [0, 0.05) is 31.7 Å². The maximum absolute atomic E-state index is 11.3. The first kappa shape index (κ1) is 12.5. The summed E-state index contributed by atoms with van der Waals surface area (Å²) < 4.78 is 5.19. The smallest absolute Gasteiger partial charge is 0.276 e. The molecule has 0 radical (unpaired) electrons. The second-order valence-corrected chi connectivity index (χ2v) is 5.16. The summed E-state index contributed by atoms with van der Waals surface area (Å²) in [6.07, 6.45) is 2.41. The van der Waals surface area contributed by atoms with E-state index in [1.165, 1.54) is 6.20 Å². The SMILES string of the molecule is O=C(NO)c1cnc2c(c1)CCN(CC1COC1)C2. The van der Waals surface area contributed by atoms with Crippen LogP contribution in [0.25, 0.3) is 0 Å². The van der Waals surface area contributed by atoms with Gasteiger partial charge in [0.05, 0.1) is 24.5 Å². The molecular formula is C13H17N3O3. The van der Waals surface area contributed by atoms with Crippen LogP contribution in [-0.4, -0.2) is 47.3 Å². The number of pyridine rings is 1. The second kappa shape index (κ2) is 5.24.